The number of carbonyl (C=O) groups is 3. The molecule has 0 saturated heterocycles. The lowest BCUT2D eigenvalue weighted by Crippen LogP contribution is -2.51. The second-order valence-corrected chi connectivity index (χ2v) is 10.7. The molecule has 0 saturated carbocycles. The van der Waals surface area contributed by atoms with Gasteiger partial charge in [-0.1, -0.05) is 19.1 Å². The number of nitrogens with zero attached hydrogens (tertiary/aromatic N) is 4. The normalized spacial score (nSPS) is 11.3. The van der Waals surface area contributed by atoms with Gasteiger partial charge >= 0.3 is 0 Å². The number of aromatic nitrogens is 3. The summed E-state index contributed by atoms with van der Waals surface area (Å²) in [5.74, 6) is -0.342. The summed E-state index contributed by atoms with van der Waals surface area (Å²) in [5, 5.41) is 14.8. The SMILES string of the molecule is CCCNc1nc(NCCc2ccncc2)ncc1C(=O)Nc1cccc(NC(=O)C(C)(C)NC(=O)/C=C/CN(C)C)c1. The van der Waals surface area contributed by atoms with E-state index < -0.39 is 17.4 Å². The van der Waals surface area contributed by atoms with Crippen LogP contribution in [0.15, 0.2) is 67.1 Å². The summed E-state index contributed by atoms with van der Waals surface area (Å²) in [6.07, 6.45) is 9.74. The zero-order chi connectivity index (χ0) is 31.2. The zero-order valence-corrected chi connectivity index (χ0v) is 25.4. The van der Waals surface area contributed by atoms with Crippen LogP contribution in [0.2, 0.25) is 0 Å². The Kier molecular flexibility index (Phi) is 12.1. The predicted octanol–water partition coefficient (Wildman–Crippen LogP) is 3.55. The highest BCUT2D eigenvalue weighted by molar-refractivity contribution is 6.08. The van der Waals surface area contributed by atoms with Crippen molar-refractivity contribution >= 4 is 40.9 Å². The standard InChI is InChI=1S/C31H41N9O3/c1-6-15-33-27-25(21-35-30(38-27)34-18-14-22-12-16-32-17-13-22)28(42)36-23-9-7-10-24(20-23)37-29(43)31(2,3)39-26(41)11-8-19-40(4)5/h7-13,16-17,20-21H,6,14-15,18-19H2,1-5H3,(H,36,42)(H,37,43)(H,39,41)(H2,33,34,35,38)/b11-8+. The van der Waals surface area contributed by atoms with E-state index in [4.69, 9.17) is 0 Å². The van der Waals surface area contributed by atoms with Crippen LogP contribution in [-0.4, -0.2) is 76.8 Å². The lowest BCUT2D eigenvalue weighted by atomic mass is 10.0. The minimum atomic E-state index is -1.18. The summed E-state index contributed by atoms with van der Waals surface area (Å²) < 4.78 is 0. The van der Waals surface area contributed by atoms with Crippen molar-refractivity contribution in [2.75, 3.05) is 55.0 Å². The fourth-order valence-electron chi connectivity index (χ4n) is 3.82. The summed E-state index contributed by atoms with van der Waals surface area (Å²) in [5.41, 5.74) is 1.18. The molecular weight excluding hydrogens is 546 g/mol. The number of nitrogens with one attached hydrogen (secondary N) is 5. The van der Waals surface area contributed by atoms with Gasteiger partial charge in [0.05, 0.1) is 0 Å². The van der Waals surface area contributed by atoms with Gasteiger partial charge in [0.1, 0.15) is 16.9 Å². The third-order valence-electron chi connectivity index (χ3n) is 6.14. The van der Waals surface area contributed by atoms with Crippen LogP contribution in [0.25, 0.3) is 0 Å². The van der Waals surface area contributed by atoms with E-state index in [1.54, 1.807) is 56.6 Å². The first kappa shape index (κ1) is 32.7. The fourth-order valence-corrected chi connectivity index (χ4v) is 3.82. The monoisotopic (exact) mass is 587 g/mol. The Hall–Kier alpha value is -4.84. The van der Waals surface area contributed by atoms with Gasteiger partial charge in [-0.25, -0.2) is 4.98 Å². The second-order valence-electron chi connectivity index (χ2n) is 10.7. The summed E-state index contributed by atoms with van der Waals surface area (Å²) in [6, 6.07) is 10.7. The van der Waals surface area contributed by atoms with Crippen molar-refractivity contribution in [1.82, 2.24) is 25.2 Å². The third-order valence-corrected chi connectivity index (χ3v) is 6.14. The number of amides is 3. The molecule has 1 aromatic carbocycles. The van der Waals surface area contributed by atoms with Crippen molar-refractivity contribution in [3.63, 3.8) is 0 Å². The smallest absolute Gasteiger partial charge is 0.260 e. The molecule has 0 unspecified atom stereocenters. The van der Waals surface area contributed by atoms with E-state index in [2.05, 4.69) is 41.5 Å². The first-order valence-electron chi connectivity index (χ1n) is 14.2. The van der Waals surface area contributed by atoms with Crippen LogP contribution < -0.4 is 26.6 Å². The van der Waals surface area contributed by atoms with Gasteiger partial charge in [0.25, 0.3) is 5.91 Å². The van der Waals surface area contributed by atoms with Crippen LogP contribution in [0, 0.1) is 0 Å². The van der Waals surface area contributed by atoms with Crippen LogP contribution in [0.1, 0.15) is 43.1 Å². The molecule has 3 amide bonds. The second kappa shape index (κ2) is 16.0. The Bertz CT molecular complexity index is 1410. The predicted molar refractivity (Wildman–Crippen MR) is 170 cm³/mol. The molecule has 2 aromatic heterocycles. The number of rotatable bonds is 15. The minimum absolute atomic E-state index is 0.286. The topological polar surface area (TPSA) is 153 Å². The molecule has 0 fully saturated rings. The van der Waals surface area contributed by atoms with Gasteiger partial charge in [0.15, 0.2) is 0 Å². The van der Waals surface area contributed by atoms with Gasteiger partial charge in [-0.05, 0) is 76.7 Å². The molecule has 3 aromatic rings. The average Bonchev–Trinajstić information content (AvgIpc) is 2.96. The molecule has 0 atom stereocenters. The Balaban J connectivity index is 1.64. The van der Waals surface area contributed by atoms with Crippen molar-refractivity contribution in [2.24, 2.45) is 0 Å². The van der Waals surface area contributed by atoms with Crippen molar-refractivity contribution in [1.29, 1.82) is 0 Å². The molecule has 3 rings (SSSR count). The zero-order valence-electron chi connectivity index (χ0n) is 25.4. The fraction of sp³-hybridized carbons (Fsp3) is 0.355. The Morgan fingerprint density at radius 3 is 2.40 bits per heavy atom. The highest BCUT2D eigenvalue weighted by Crippen LogP contribution is 2.20. The van der Waals surface area contributed by atoms with Gasteiger partial charge in [0, 0.05) is 55.7 Å². The van der Waals surface area contributed by atoms with Crippen LogP contribution >= 0.6 is 0 Å². The first-order chi connectivity index (χ1) is 20.6. The molecule has 5 N–H and O–H groups in total. The van der Waals surface area contributed by atoms with Gasteiger partial charge in [-0.3, -0.25) is 19.4 Å². The van der Waals surface area contributed by atoms with E-state index in [0.29, 0.717) is 42.8 Å². The maximum atomic E-state index is 13.2. The molecule has 0 aliphatic carbocycles. The van der Waals surface area contributed by atoms with Gasteiger partial charge < -0.3 is 31.5 Å². The minimum Gasteiger partial charge on any atom is -0.369 e. The quantitative estimate of drug-likeness (QED) is 0.168. The van der Waals surface area contributed by atoms with Crippen molar-refractivity contribution in [3.8, 4) is 0 Å². The van der Waals surface area contributed by atoms with Crippen LogP contribution in [0.5, 0.6) is 0 Å². The molecule has 0 bridgehead atoms. The first-order valence-corrected chi connectivity index (χ1v) is 14.2. The number of hydrogen-bond acceptors (Lipinski definition) is 9. The van der Waals surface area contributed by atoms with Crippen LogP contribution in [0.4, 0.5) is 23.1 Å². The molecular formula is C31H41N9O3. The summed E-state index contributed by atoms with van der Waals surface area (Å²) >= 11 is 0. The maximum Gasteiger partial charge on any atom is 0.260 e. The molecule has 12 nitrogen and oxygen atoms in total. The number of hydrogen-bond donors (Lipinski definition) is 5. The Morgan fingerprint density at radius 1 is 0.977 bits per heavy atom. The van der Waals surface area contributed by atoms with E-state index in [1.165, 1.54) is 12.3 Å². The molecule has 43 heavy (non-hydrogen) atoms. The highest BCUT2D eigenvalue weighted by atomic mass is 16.2. The van der Waals surface area contributed by atoms with Crippen LogP contribution in [0.3, 0.4) is 0 Å². The van der Waals surface area contributed by atoms with Crippen LogP contribution in [-0.2, 0) is 16.0 Å². The number of likely N-dealkylation sites (N-methyl/N-ethyl adjacent to an activating group) is 1. The van der Waals surface area contributed by atoms with E-state index in [1.807, 2.05) is 38.1 Å². The number of anilines is 4. The summed E-state index contributed by atoms with van der Waals surface area (Å²) in [6.45, 7) is 7.12. The largest absolute Gasteiger partial charge is 0.369 e. The van der Waals surface area contributed by atoms with E-state index in [0.717, 1.165) is 18.4 Å². The van der Waals surface area contributed by atoms with Gasteiger partial charge in [-0.15, -0.1) is 0 Å². The van der Waals surface area contributed by atoms with Gasteiger partial charge in [-0.2, -0.15) is 4.98 Å². The average molecular weight is 588 g/mol. The highest BCUT2D eigenvalue weighted by Gasteiger charge is 2.29. The van der Waals surface area contributed by atoms with E-state index >= 15 is 0 Å². The lowest BCUT2D eigenvalue weighted by Gasteiger charge is -2.24. The molecule has 0 aliphatic heterocycles. The maximum absolute atomic E-state index is 13.2. The van der Waals surface area contributed by atoms with Gasteiger partial charge in [0.2, 0.25) is 17.8 Å². The molecule has 0 aliphatic rings. The van der Waals surface area contributed by atoms with Crippen molar-refractivity contribution < 1.29 is 14.4 Å². The Labute approximate surface area is 252 Å². The lowest BCUT2D eigenvalue weighted by molar-refractivity contribution is -0.126. The number of pyridine rings is 1. The van der Waals surface area contributed by atoms with E-state index in [-0.39, 0.29) is 11.5 Å². The molecule has 2 heterocycles. The van der Waals surface area contributed by atoms with E-state index in [9.17, 15) is 14.4 Å². The van der Waals surface area contributed by atoms with Crippen molar-refractivity contribution in [2.45, 2.75) is 39.2 Å². The third kappa shape index (κ3) is 10.8. The molecule has 228 valence electrons. The summed E-state index contributed by atoms with van der Waals surface area (Å²) in [7, 11) is 3.79. The Morgan fingerprint density at radius 2 is 1.70 bits per heavy atom. The molecule has 0 spiro atoms. The summed E-state index contributed by atoms with van der Waals surface area (Å²) in [4.78, 5) is 53.3. The number of carbonyl (C=O) groups excluding carboxylic acids is 3. The van der Waals surface area contributed by atoms with Crippen molar-refractivity contribution in [3.05, 3.63) is 78.3 Å². The number of benzene rings is 1. The molecule has 12 heteroatoms. The molecule has 0 radical (unpaired) electrons.